The van der Waals surface area contributed by atoms with Gasteiger partial charge in [-0.1, -0.05) is 11.6 Å². The second-order valence-corrected chi connectivity index (χ2v) is 5.18. The summed E-state index contributed by atoms with van der Waals surface area (Å²) < 4.78 is 5.18. The fourth-order valence-corrected chi connectivity index (χ4v) is 2.36. The highest BCUT2D eigenvalue weighted by Crippen LogP contribution is 2.24. The summed E-state index contributed by atoms with van der Waals surface area (Å²) in [5.74, 6) is -0.748. The Morgan fingerprint density at radius 2 is 2.19 bits per heavy atom. The second-order valence-electron chi connectivity index (χ2n) is 4.74. The Morgan fingerprint density at radius 1 is 1.48 bits per heavy atom. The third kappa shape index (κ3) is 3.33. The van der Waals surface area contributed by atoms with Crippen molar-refractivity contribution in [2.75, 3.05) is 13.7 Å². The maximum atomic E-state index is 12.3. The van der Waals surface area contributed by atoms with E-state index in [1.165, 1.54) is 12.0 Å². The number of amides is 3. The molecule has 1 saturated heterocycles. The molecule has 1 aromatic carbocycles. The number of ether oxygens (including phenoxy) is 1. The molecule has 21 heavy (non-hydrogen) atoms. The van der Waals surface area contributed by atoms with Crippen LogP contribution >= 0.6 is 11.6 Å². The molecular formula is C14H15ClN2O4. The molecule has 1 fully saturated rings. The number of hydrogen-bond acceptors (Lipinski definition) is 4. The normalized spacial score (nSPS) is 18.4. The van der Waals surface area contributed by atoms with Crippen LogP contribution in [-0.4, -0.2) is 42.3 Å². The van der Waals surface area contributed by atoms with Crippen molar-refractivity contribution in [1.82, 2.24) is 10.2 Å². The van der Waals surface area contributed by atoms with E-state index in [4.69, 9.17) is 16.3 Å². The number of nitrogens with one attached hydrogen (secondary N) is 1. The molecule has 1 aliphatic rings. The highest BCUT2D eigenvalue weighted by atomic mass is 35.5. The molecule has 1 heterocycles. The minimum Gasteiger partial charge on any atom is -0.496 e. The van der Waals surface area contributed by atoms with Crippen LogP contribution in [-0.2, 0) is 20.8 Å². The van der Waals surface area contributed by atoms with Gasteiger partial charge in [0.05, 0.1) is 13.5 Å². The topological polar surface area (TPSA) is 75.7 Å². The van der Waals surface area contributed by atoms with E-state index in [1.54, 1.807) is 25.1 Å². The maximum absolute atomic E-state index is 12.3. The first kappa shape index (κ1) is 15.3. The molecule has 1 N–H and O–H groups in total. The van der Waals surface area contributed by atoms with E-state index in [1.807, 2.05) is 0 Å². The number of carbonyl (C=O) groups excluding carboxylic acids is 3. The van der Waals surface area contributed by atoms with Crippen LogP contribution in [0.1, 0.15) is 12.5 Å². The molecule has 1 unspecified atom stereocenters. The van der Waals surface area contributed by atoms with Gasteiger partial charge in [-0.25, -0.2) is 0 Å². The molecule has 112 valence electrons. The lowest BCUT2D eigenvalue weighted by Gasteiger charge is -2.31. The molecule has 7 heteroatoms. The fourth-order valence-electron chi connectivity index (χ4n) is 2.17. The standard InChI is InChI=1S/C14H15ClN2O4/c1-8-14(20)16-12(18)7-17(8)13(19)6-9-5-10(15)3-4-11(9)21-2/h3-5,8H,6-7H2,1-2H3,(H,16,18,20). The van der Waals surface area contributed by atoms with E-state index < -0.39 is 17.9 Å². The lowest BCUT2D eigenvalue weighted by Crippen LogP contribution is -2.58. The Balaban J connectivity index is 2.19. The van der Waals surface area contributed by atoms with Gasteiger partial charge in [-0.05, 0) is 25.1 Å². The van der Waals surface area contributed by atoms with Gasteiger partial charge in [0.15, 0.2) is 0 Å². The van der Waals surface area contributed by atoms with Crippen LogP contribution in [0.3, 0.4) is 0 Å². The largest absolute Gasteiger partial charge is 0.496 e. The van der Waals surface area contributed by atoms with Gasteiger partial charge >= 0.3 is 0 Å². The monoisotopic (exact) mass is 310 g/mol. The first-order valence-electron chi connectivity index (χ1n) is 6.38. The van der Waals surface area contributed by atoms with Gasteiger partial charge in [-0.3, -0.25) is 19.7 Å². The average Bonchev–Trinajstić information content (AvgIpc) is 2.43. The van der Waals surface area contributed by atoms with Crippen LogP contribution < -0.4 is 10.1 Å². The Bertz CT molecular complexity index is 603. The number of nitrogens with zero attached hydrogens (tertiary/aromatic N) is 1. The highest BCUT2D eigenvalue weighted by molar-refractivity contribution is 6.30. The number of methoxy groups -OCH3 is 1. The third-order valence-electron chi connectivity index (χ3n) is 3.33. The van der Waals surface area contributed by atoms with Crippen molar-refractivity contribution < 1.29 is 19.1 Å². The summed E-state index contributed by atoms with van der Waals surface area (Å²) in [6, 6.07) is 4.28. The quantitative estimate of drug-likeness (QED) is 0.837. The van der Waals surface area contributed by atoms with Crippen molar-refractivity contribution in [2.24, 2.45) is 0 Å². The summed E-state index contributed by atoms with van der Waals surface area (Å²) in [5.41, 5.74) is 0.612. The summed E-state index contributed by atoms with van der Waals surface area (Å²) >= 11 is 5.92. The van der Waals surface area contributed by atoms with E-state index >= 15 is 0 Å². The Labute approximate surface area is 127 Å². The SMILES string of the molecule is COc1ccc(Cl)cc1CC(=O)N1CC(=O)NC(=O)C1C. The van der Waals surface area contributed by atoms with Gasteiger partial charge in [0.1, 0.15) is 18.3 Å². The number of hydrogen-bond donors (Lipinski definition) is 1. The van der Waals surface area contributed by atoms with Gasteiger partial charge in [0.25, 0.3) is 0 Å². The molecule has 1 aromatic rings. The first-order chi connectivity index (χ1) is 9.92. The van der Waals surface area contributed by atoms with Crippen molar-refractivity contribution in [3.8, 4) is 5.75 Å². The zero-order chi connectivity index (χ0) is 15.6. The number of rotatable bonds is 3. The van der Waals surface area contributed by atoms with Crippen LogP contribution in [0.25, 0.3) is 0 Å². The minimum atomic E-state index is -0.680. The van der Waals surface area contributed by atoms with Gasteiger partial charge in [0, 0.05) is 10.6 Å². The van der Waals surface area contributed by atoms with Gasteiger partial charge in [0.2, 0.25) is 17.7 Å². The predicted molar refractivity (Wildman–Crippen MR) is 76.0 cm³/mol. The first-order valence-corrected chi connectivity index (χ1v) is 6.75. The fraction of sp³-hybridized carbons (Fsp3) is 0.357. The number of piperazine rings is 1. The molecule has 0 spiro atoms. The zero-order valence-electron chi connectivity index (χ0n) is 11.7. The van der Waals surface area contributed by atoms with Crippen molar-refractivity contribution in [2.45, 2.75) is 19.4 Å². The summed E-state index contributed by atoms with van der Waals surface area (Å²) in [6.07, 6.45) is 0.00856. The molecule has 0 bridgehead atoms. The van der Waals surface area contributed by atoms with Gasteiger partial charge in [-0.15, -0.1) is 0 Å². The molecule has 1 aliphatic heterocycles. The maximum Gasteiger partial charge on any atom is 0.249 e. The second kappa shape index (κ2) is 6.13. The predicted octanol–water partition coefficient (Wildman–Crippen LogP) is 0.765. The molecule has 2 rings (SSSR count). The van der Waals surface area contributed by atoms with Crippen molar-refractivity contribution in [3.05, 3.63) is 28.8 Å². The lowest BCUT2D eigenvalue weighted by atomic mass is 10.1. The molecule has 0 radical (unpaired) electrons. The minimum absolute atomic E-state index is 0.00856. The van der Waals surface area contributed by atoms with Crippen molar-refractivity contribution in [3.63, 3.8) is 0 Å². The smallest absolute Gasteiger partial charge is 0.249 e. The summed E-state index contributed by atoms with van der Waals surface area (Å²) in [6.45, 7) is 1.45. The Hall–Kier alpha value is -2.08. The molecular weight excluding hydrogens is 296 g/mol. The van der Waals surface area contributed by atoms with Gasteiger partial charge < -0.3 is 9.64 Å². The Kier molecular flexibility index (Phi) is 4.47. The van der Waals surface area contributed by atoms with Crippen LogP contribution in [0, 0.1) is 0 Å². The Morgan fingerprint density at radius 3 is 2.86 bits per heavy atom. The molecule has 6 nitrogen and oxygen atoms in total. The average molecular weight is 311 g/mol. The molecule has 1 atom stereocenters. The molecule has 0 aromatic heterocycles. The van der Waals surface area contributed by atoms with Crippen LogP contribution in [0.5, 0.6) is 5.75 Å². The van der Waals surface area contributed by atoms with E-state index in [0.717, 1.165) is 0 Å². The lowest BCUT2D eigenvalue weighted by molar-refractivity contribution is -0.149. The van der Waals surface area contributed by atoms with Crippen molar-refractivity contribution in [1.29, 1.82) is 0 Å². The number of benzene rings is 1. The summed E-state index contributed by atoms with van der Waals surface area (Å²) in [4.78, 5) is 36.6. The summed E-state index contributed by atoms with van der Waals surface area (Å²) in [5, 5.41) is 2.68. The highest BCUT2D eigenvalue weighted by Gasteiger charge is 2.33. The van der Waals surface area contributed by atoms with E-state index in [-0.39, 0.29) is 18.9 Å². The van der Waals surface area contributed by atoms with E-state index in [2.05, 4.69) is 5.32 Å². The number of imide groups is 1. The molecule has 0 aliphatic carbocycles. The van der Waals surface area contributed by atoms with E-state index in [9.17, 15) is 14.4 Å². The van der Waals surface area contributed by atoms with Gasteiger partial charge in [-0.2, -0.15) is 0 Å². The van der Waals surface area contributed by atoms with Crippen LogP contribution in [0.4, 0.5) is 0 Å². The van der Waals surface area contributed by atoms with Crippen molar-refractivity contribution >= 4 is 29.3 Å². The van der Waals surface area contributed by atoms with Crippen LogP contribution in [0.2, 0.25) is 5.02 Å². The van der Waals surface area contributed by atoms with E-state index in [0.29, 0.717) is 16.3 Å². The third-order valence-corrected chi connectivity index (χ3v) is 3.56. The number of halogens is 1. The molecule has 3 amide bonds. The van der Waals surface area contributed by atoms with Crippen LogP contribution in [0.15, 0.2) is 18.2 Å². The summed E-state index contributed by atoms with van der Waals surface area (Å²) in [7, 11) is 1.50. The number of carbonyl (C=O) groups is 3. The zero-order valence-corrected chi connectivity index (χ0v) is 12.4. The molecule has 0 saturated carbocycles.